The van der Waals surface area contributed by atoms with Crippen LogP contribution in [0.1, 0.15) is 25.7 Å². The zero-order valence-corrected chi connectivity index (χ0v) is 15.0. The normalized spacial score (nSPS) is 22.2. The Kier molecular flexibility index (Phi) is 5.45. The molecule has 2 aliphatic rings. The molecular weight excluding hydrogens is 363 g/mol. The van der Waals surface area contributed by atoms with E-state index < -0.39 is 0 Å². The molecule has 1 fully saturated rings. The quantitative estimate of drug-likeness (QED) is 0.625. The summed E-state index contributed by atoms with van der Waals surface area (Å²) in [6.45, 7) is 0.265. The number of nitrogens with one attached hydrogen (secondary N) is 1. The maximum absolute atomic E-state index is 12.3. The third-order valence-electron chi connectivity index (χ3n) is 4.61. The highest BCUT2D eigenvalue weighted by atomic mass is 35.5. The van der Waals surface area contributed by atoms with Crippen LogP contribution in [-0.4, -0.2) is 29.2 Å². The molecule has 2 unspecified atom stereocenters. The first kappa shape index (κ1) is 18.0. The summed E-state index contributed by atoms with van der Waals surface area (Å²) in [6, 6.07) is 5.00. The van der Waals surface area contributed by atoms with E-state index in [2.05, 4.69) is 5.32 Å². The molecule has 1 heterocycles. The van der Waals surface area contributed by atoms with Crippen molar-refractivity contribution >= 4 is 46.6 Å². The van der Waals surface area contributed by atoms with Gasteiger partial charge in [0.2, 0.25) is 17.7 Å². The Hall–Kier alpha value is -1.85. The number of rotatable bonds is 5. The summed E-state index contributed by atoms with van der Waals surface area (Å²) < 4.78 is 0. The highest BCUT2D eigenvalue weighted by Gasteiger charge is 2.46. The summed E-state index contributed by atoms with van der Waals surface area (Å²) in [5.41, 5.74) is 0.449. The number of imide groups is 1. The van der Waals surface area contributed by atoms with Gasteiger partial charge in [-0.2, -0.15) is 0 Å². The lowest BCUT2D eigenvalue weighted by molar-refractivity contribution is -0.140. The molecule has 0 radical (unpaired) electrons. The molecule has 7 heteroatoms. The Morgan fingerprint density at radius 3 is 2.40 bits per heavy atom. The zero-order chi connectivity index (χ0) is 18.0. The first-order chi connectivity index (χ1) is 12.0. The summed E-state index contributed by atoms with van der Waals surface area (Å²) in [5, 5.41) is 3.35. The first-order valence-electron chi connectivity index (χ1n) is 8.23. The second-order valence-electron chi connectivity index (χ2n) is 6.24. The minimum absolute atomic E-state index is 0.113. The van der Waals surface area contributed by atoms with Crippen LogP contribution in [0.5, 0.6) is 0 Å². The van der Waals surface area contributed by atoms with Crippen molar-refractivity contribution in [1.29, 1.82) is 0 Å². The smallest absolute Gasteiger partial charge is 0.233 e. The van der Waals surface area contributed by atoms with Gasteiger partial charge in [-0.1, -0.05) is 41.4 Å². The lowest BCUT2D eigenvalue weighted by Gasteiger charge is -2.14. The Morgan fingerprint density at radius 1 is 1.12 bits per heavy atom. The van der Waals surface area contributed by atoms with Gasteiger partial charge in [-0.25, -0.2) is 0 Å². The number of halogens is 2. The van der Waals surface area contributed by atoms with Crippen molar-refractivity contribution in [2.45, 2.75) is 25.7 Å². The molecular formula is C18H18Cl2N2O3. The third-order valence-corrected chi connectivity index (χ3v) is 5.43. The van der Waals surface area contributed by atoms with Crippen LogP contribution < -0.4 is 5.32 Å². The first-order valence-corrected chi connectivity index (χ1v) is 8.98. The fraction of sp³-hybridized carbons (Fsp3) is 0.389. The molecule has 25 heavy (non-hydrogen) atoms. The van der Waals surface area contributed by atoms with Crippen molar-refractivity contribution in [2.75, 3.05) is 11.9 Å². The fourth-order valence-electron chi connectivity index (χ4n) is 3.30. The number of fused-ring (bicyclic) bond motifs is 1. The molecule has 2 atom stereocenters. The summed E-state index contributed by atoms with van der Waals surface area (Å²) >= 11 is 11.9. The third kappa shape index (κ3) is 3.72. The van der Waals surface area contributed by atoms with Gasteiger partial charge in [-0.15, -0.1) is 0 Å². The Balaban J connectivity index is 1.51. The van der Waals surface area contributed by atoms with Crippen LogP contribution in [0.15, 0.2) is 30.4 Å². The predicted octanol–water partition coefficient (Wildman–Crippen LogP) is 3.66. The van der Waals surface area contributed by atoms with Gasteiger partial charge in [0.15, 0.2) is 0 Å². The minimum Gasteiger partial charge on any atom is -0.325 e. The van der Waals surface area contributed by atoms with Gasteiger partial charge < -0.3 is 5.32 Å². The fourth-order valence-corrected chi connectivity index (χ4v) is 3.65. The number of amides is 3. The summed E-state index contributed by atoms with van der Waals surface area (Å²) in [4.78, 5) is 38.0. The highest BCUT2D eigenvalue weighted by molar-refractivity contribution is 6.43. The molecule has 3 amide bonds. The van der Waals surface area contributed by atoms with Crippen molar-refractivity contribution in [2.24, 2.45) is 11.8 Å². The predicted molar refractivity (Wildman–Crippen MR) is 96.4 cm³/mol. The van der Waals surface area contributed by atoms with Crippen molar-refractivity contribution < 1.29 is 14.4 Å². The molecule has 1 saturated heterocycles. The van der Waals surface area contributed by atoms with E-state index in [1.54, 1.807) is 18.2 Å². The number of allylic oxidation sites excluding steroid dienone is 2. The summed E-state index contributed by atoms with van der Waals surface area (Å²) in [5.74, 6) is -0.911. The largest absolute Gasteiger partial charge is 0.325 e. The molecule has 5 nitrogen and oxygen atoms in total. The molecule has 1 aromatic carbocycles. The number of benzene rings is 1. The van der Waals surface area contributed by atoms with E-state index in [-0.39, 0.29) is 42.5 Å². The van der Waals surface area contributed by atoms with Gasteiger partial charge in [-0.05, 0) is 31.4 Å². The van der Waals surface area contributed by atoms with E-state index in [1.165, 1.54) is 4.90 Å². The number of carbonyl (C=O) groups excluding carboxylic acids is 3. The molecule has 132 valence electrons. The van der Waals surface area contributed by atoms with Gasteiger partial charge in [0.25, 0.3) is 0 Å². The molecule has 0 spiro atoms. The number of hydrogen-bond acceptors (Lipinski definition) is 3. The average Bonchev–Trinajstić information content (AvgIpc) is 2.84. The average molecular weight is 381 g/mol. The van der Waals surface area contributed by atoms with Crippen molar-refractivity contribution in [1.82, 2.24) is 4.90 Å². The molecule has 1 aliphatic carbocycles. The van der Waals surface area contributed by atoms with Crippen molar-refractivity contribution in [3.05, 3.63) is 40.4 Å². The maximum Gasteiger partial charge on any atom is 0.233 e. The topological polar surface area (TPSA) is 66.5 Å². The van der Waals surface area contributed by atoms with Crippen molar-refractivity contribution in [3.63, 3.8) is 0 Å². The highest BCUT2D eigenvalue weighted by Crippen LogP contribution is 2.35. The minimum atomic E-state index is -0.234. The van der Waals surface area contributed by atoms with Gasteiger partial charge in [0, 0.05) is 13.0 Å². The maximum atomic E-state index is 12.3. The molecule has 0 saturated carbocycles. The van der Waals surface area contributed by atoms with E-state index >= 15 is 0 Å². The number of nitrogens with zero attached hydrogens (tertiary/aromatic N) is 1. The molecule has 1 N–H and O–H groups in total. The molecule has 1 aliphatic heterocycles. The summed E-state index contributed by atoms with van der Waals surface area (Å²) in [6.07, 6.45) is 5.76. The van der Waals surface area contributed by atoms with Crippen LogP contribution in [0, 0.1) is 11.8 Å². The number of anilines is 1. The Morgan fingerprint density at radius 2 is 1.76 bits per heavy atom. The van der Waals surface area contributed by atoms with Crippen LogP contribution in [0.25, 0.3) is 0 Å². The Labute approximate surface area is 156 Å². The van der Waals surface area contributed by atoms with Gasteiger partial charge in [0.05, 0.1) is 27.6 Å². The van der Waals surface area contributed by atoms with Gasteiger partial charge in [0.1, 0.15) is 0 Å². The van der Waals surface area contributed by atoms with Crippen LogP contribution in [0.2, 0.25) is 10.0 Å². The second-order valence-corrected chi connectivity index (χ2v) is 7.02. The van der Waals surface area contributed by atoms with Gasteiger partial charge in [-0.3, -0.25) is 19.3 Å². The van der Waals surface area contributed by atoms with E-state index in [9.17, 15) is 14.4 Å². The summed E-state index contributed by atoms with van der Waals surface area (Å²) in [7, 11) is 0. The van der Waals surface area contributed by atoms with E-state index in [1.807, 2.05) is 12.2 Å². The second kappa shape index (κ2) is 7.58. The number of carbonyl (C=O) groups is 3. The van der Waals surface area contributed by atoms with E-state index in [4.69, 9.17) is 23.2 Å². The molecule has 3 rings (SSSR count). The monoisotopic (exact) mass is 380 g/mol. The van der Waals surface area contributed by atoms with E-state index in [0.29, 0.717) is 35.0 Å². The van der Waals surface area contributed by atoms with Crippen LogP contribution in [0.3, 0.4) is 0 Å². The lowest BCUT2D eigenvalue weighted by Crippen LogP contribution is -2.32. The van der Waals surface area contributed by atoms with Crippen LogP contribution >= 0.6 is 23.2 Å². The standard InChI is InChI=1S/C18H18Cl2N2O3/c19-13-7-3-8-14(16(13)20)21-15(23)9-4-10-22-17(24)11-5-1-2-6-12(11)18(22)25/h1-3,7-8,11-12H,4-6,9-10H2,(H,21,23). The number of likely N-dealkylation sites (tertiary alicyclic amines) is 1. The SMILES string of the molecule is O=C(CCCN1C(=O)C2CC=CCC2C1=O)Nc1cccc(Cl)c1Cl. The van der Waals surface area contributed by atoms with Gasteiger partial charge >= 0.3 is 0 Å². The van der Waals surface area contributed by atoms with Crippen LogP contribution in [0.4, 0.5) is 5.69 Å². The van der Waals surface area contributed by atoms with Crippen LogP contribution in [-0.2, 0) is 14.4 Å². The molecule has 0 bridgehead atoms. The molecule has 1 aromatic rings. The zero-order valence-electron chi connectivity index (χ0n) is 13.5. The Bertz CT molecular complexity index is 722. The van der Waals surface area contributed by atoms with Crippen molar-refractivity contribution in [3.8, 4) is 0 Å². The number of hydrogen-bond donors (Lipinski definition) is 1. The lowest BCUT2D eigenvalue weighted by atomic mass is 9.85. The van der Waals surface area contributed by atoms with E-state index in [0.717, 1.165) is 0 Å². The molecule has 0 aromatic heterocycles.